The van der Waals surface area contributed by atoms with Gasteiger partial charge in [-0.15, -0.1) is 0 Å². The van der Waals surface area contributed by atoms with Crippen LogP contribution < -0.4 is 20.1 Å². The van der Waals surface area contributed by atoms with Crippen molar-refractivity contribution in [2.24, 2.45) is 7.05 Å². The number of aliphatic carboxylic acids is 1. The molecule has 240 valence electrons. The zero-order valence-corrected chi connectivity index (χ0v) is 26.5. The third-order valence-electron chi connectivity index (χ3n) is 7.73. The van der Waals surface area contributed by atoms with Crippen LogP contribution in [-0.2, 0) is 18.4 Å². The minimum atomic E-state index is -0.833. The van der Waals surface area contributed by atoms with E-state index in [0.717, 1.165) is 53.6 Å². The molecule has 0 atom stereocenters. The Morgan fingerprint density at radius 3 is 2.28 bits per heavy atom. The molecule has 0 spiro atoms. The molecular weight excluding hydrogens is 586 g/mol. The predicted molar refractivity (Wildman–Crippen MR) is 176 cm³/mol. The molecule has 1 aliphatic carbocycles. The Kier molecular flexibility index (Phi) is 10.2. The smallest absolute Gasteiger partial charge is 0.300 e. The van der Waals surface area contributed by atoms with Crippen LogP contribution in [0, 0.1) is 6.92 Å². The van der Waals surface area contributed by atoms with Gasteiger partial charge in [-0.05, 0) is 61.7 Å². The van der Waals surface area contributed by atoms with Crippen molar-refractivity contribution >= 4 is 34.5 Å². The van der Waals surface area contributed by atoms with Gasteiger partial charge in [0, 0.05) is 49.6 Å². The van der Waals surface area contributed by atoms with Gasteiger partial charge >= 0.3 is 0 Å². The average Bonchev–Trinajstić information content (AvgIpc) is 3.55. The van der Waals surface area contributed by atoms with Crippen LogP contribution in [0.1, 0.15) is 60.6 Å². The molecule has 1 amide bonds. The molecule has 0 radical (unpaired) electrons. The first-order valence-electron chi connectivity index (χ1n) is 15.2. The second-order valence-electron chi connectivity index (χ2n) is 11.2. The SMILES string of the molecule is CC(=O)O.COc1ccc(Cn2nc(NC3CCCCC3)c3c(Oc4ccc(C(=O)Nc5cc(C)n(C)n5)cc4)ccnc32)cc1. The van der Waals surface area contributed by atoms with E-state index in [-0.39, 0.29) is 5.91 Å². The molecular formula is C34H39N7O5. The first-order chi connectivity index (χ1) is 22.2. The number of hydrogen-bond donors (Lipinski definition) is 3. The summed E-state index contributed by atoms with van der Waals surface area (Å²) in [6.45, 7) is 3.58. The van der Waals surface area contributed by atoms with Crippen molar-refractivity contribution in [1.29, 1.82) is 0 Å². The zero-order valence-electron chi connectivity index (χ0n) is 26.5. The number of carboxylic acid groups (broad SMARTS) is 1. The van der Waals surface area contributed by atoms with Crippen molar-refractivity contribution in [3.05, 3.63) is 83.7 Å². The number of fused-ring (bicyclic) bond motifs is 1. The van der Waals surface area contributed by atoms with Crippen molar-refractivity contribution in [3.63, 3.8) is 0 Å². The molecule has 5 aromatic rings. The number of hydrogen-bond acceptors (Lipinski definition) is 8. The molecule has 12 nitrogen and oxygen atoms in total. The Morgan fingerprint density at radius 2 is 1.65 bits per heavy atom. The molecule has 3 N–H and O–H groups in total. The summed E-state index contributed by atoms with van der Waals surface area (Å²) in [6, 6.07) is 19.1. The molecule has 0 bridgehead atoms. The van der Waals surface area contributed by atoms with E-state index in [2.05, 4.69) is 15.7 Å². The topological polar surface area (TPSA) is 145 Å². The minimum Gasteiger partial charge on any atom is -0.497 e. The molecule has 1 aliphatic rings. The van der Waals surface area contributed by atoms with E-state index in [4.69, 9.17) is 29.5 Å². The summed E-state index contributed by atoms with van der Waals surface area (Å²) in [6.07, 6.45) is 7.67. The second-order valence-corrected chi connectivity index (χ2v) is 11.2. The summed E-state index contributed by atoms with van der Waals surface area (Å²) < 4.78 is 15.3. The summed E-state index contributed by atoms with van der Waals surface area (Å²) in [5.41, 5.74) is 3.30. The number of nitrogens with one attached hydrogen (secondary N) is 2. The van der Waals surface area contributed by atoms with Gasteiger partial charge in [0.2, 0.25) is 0 Å². The van der Waals surface area contributed by atoms with Gasteiger partial charge in [-0.3, -0.25) is 14.3 Å². The molecule has 3 aromatic heterocycles. The first kappa shape index (κ1) is 32.0. The summed E-state index contributed by atoms with van der Waals surface area (Å²) in [5.74, 6) is 2.30. The number of ether oxygens (including phenoxy) is 2. The van der Waals surface area contributed by atoms with Crippen LogP contribution in [0.15, 0.2) is 66.9 Å². The highest BCUT2D eigenvalue weighted by molar-refractivity contribution is 6.03. The molecule has 0 unspecified atom stereocenters. The van der Waals surface area contributed by atoms with E-state index in [1.54, 1.807) is 42.3 Å². The normalized spacial score (nSPS) is 13.0. The second kappa shape index (κ2) is 14.6. The fourth-order valence-corrected chi connectivity index (χ4v) is 5.32. The predicted octanol–water partition coefficient (Wildman–Crippen LogP) is 6.41. The number of rotatable bonds is 9. The van der Waals surface area contributed by atoms with Crippen LogP contribution in [0.3, 0.4) is 0 Å². The number of carbonyl (C=O) groups excluding carboxylic acids is 1. The minimum absolute atomic E-state index is 0.232. The molecule has 3 heterocycles. The number of benzene rings is 2. The number of anilines is 2. The van der Waals surface area contributed by atoms with Gasteiger partial charge in [-0.2, -0.15) is 10.2 Å². The molecule has 46 heavy (non-hydrogen) atoms. The Morgan fingerprint density at radius 1 is 0.978 bits per heavy atom. The van der Waals surface area contributed by atoms with E-state index in [1.165, 1.54) is 19.3 Å². The van der Waals surface area contributed by atoms with Crippen molar-refractivity contribution in [2.75, 3.05) is 17.7 Å². The maximum Gasteiger partial charge on any atom is 0.300 e. The summed E-state index contributed by atoms with van der Waals surface area (Å²) in [5, 5.41) is 24.1. The average molecular weight is 626 g/mol. The highest BCUT2D eigenvalue weighted by atomic mass is 16.5. The third-order valence-corrected chi connectivity index (χ3v) is 7.73. The van der Waals surface area contributed by atoms with E-state index in [1.807, 2.05) is 55.1 Å². The molecule has 2 aromatic carbocycles. The van der Waals surface area contributed by atoms with Gasteiger partial charge in [0.15, 0.2) is 17.3 Å². The lowest BCUT2D eigenvalue weighted by atomic mass is 9.95. The highest BCUT2D eigenvalue weighted by Gasteiger charge is 2.21. The first-order valence-corrected chi connectivity index (χ1v) is 15.2. The number of methoxy groups -OCH3 is 1. The summed E-state index contributed by atoms with van der Waals surface area (Å²) >= 11 is 0. The van der Waals surface area contributed by atoms with Crippen LogP contribution in [0.2, 0.25) is 0 Å². The molecule has 1 fully saturated rings. The Labute approximate surface area is 267 Å². The largest absolute Gasteiger partial charge is 0.497 e. The quantitative estimate of drug-likeness (QED) is 0.169. The lowest BCUT2D eigenvalue weighted by molar-refractivity contribution is -0.134. The summed E-state index contributed by atoms with van der Waals surface area (Å²) in [4.78, 5) is 26.5. The molecule has 6 rings (SSSR count). The molecule has 0 saturated heterocycles. The number of carbonyl (C=O) groups is 2. The molecule has 12 heteroatoms. The number of pyridine rings is 1. The monoisotopic (exact) mass is 625 g/mol. The van der Waals surface area contributed by atoms with Crippen molar-refractivity contribution in [2.45, 2.75) is 58.5 Å². The highest BCUT2D eigenvalue weighted by Crippen LogP contribution is 2.36. The van der Waals surface area contributed by atoms with Gasteiger partial charge < -0.3 is 25.2 Å². The van der Waals surface area contributed by atoms with Crippen LogP contribution in [0.5, 0.6) is 17.2 Å². The van der Waals surface area contributed by atoms with Crippen molar-refractivity contribution < 1.29 is 24.2 Å². The van der Waals surface area contributed by atoms with E-state index in [0.29, 0.717) is 35.5 Å². The number of amides is 1. The summed E-state index contributed by atoms with van der Waals surface area (Å²) in [7, 11) is 3.50. The van der Waals surface area contributed by atoms with Gasteiger partial charge in [0.25, 0.3) is 11.9 Å². The molecule has 0 aliphatic heterocycles. The van der Waals surface area contributed by atoms with Crippen LogP contribution in [0.25, 0.3) is 11.0 Å². The Hall–Kier alpha value is -5.39. The maximum atomic E-state index is 12.8. The standard InChI is InChI=1S/C32H35N7O3.C2H4O2/c1-21-19-28(36-38(21)2)35-32(40)23-11-15-26(16-12-23)42-27-17-18-33-31-29(27)30(34-24-7-5-4-6-8-24)37-39(31)20-22-9-13-25(41-3)14-10-22;1-2(3)4/h9-19,24H,4-8,20H2,1-3H3,(H,34,37)(H,35,36,40);1H3,(H,3,4). The van der Waals surface area contributed by atoms with Crippen molar-refractivity contribution in [3.8, 4) is 17.2 Å². The number of nitrogens with zero attached hydrogens (tertiary/aromatic N) is 5. The van der Waals surface area contributed by atoms with Crippen LogP contribution >= 0.6 is 0 Å². The molecule has 1 saturated carbocycles. The van der Waals surface area contributed by atoms with Crippen LogP contribution in [-0.4, -0.2) is 54.7 Å². The lowest BCUT2D eigenvalue weighted by Crippen LogP contribution is -2.22. The lowest BCUT2D eigenvalue weighted by Gasteiger charge is -2.22. The van der Waals surface area contributed by atoms with Crippen LogP contribution in [0.4, 0.5) is 11.6 Å². The Bertz CT molecular complexity index is 1770. The van der Waals surface area contributed by atoms with E-state index < -0.39 is 5.97 Å². The van der Waals surface area contributed by atoms with Gasteiger partial charge in [-0.1, -0.05) is 31.4 Å². The van der Waals surface area contributed by atoms with Gasteiger partial charge in [0.05, 0.1) is 13.7 Å². The van der Waals surface area contributed by atoms with E-state index >= 15 is 0 Å². The van der Waals surface area contributed by atoms with Gasteiger partial charge in [-0.25, -0.2) is 9.67 Å². The number of carboxylic acids is 1. The van der Waals surface area contributed by atoms with Gasteiger partial charge in [0.1, 0.15) is 22.6 Å². The zero-order chi connectivity index (χ0) is 32.6. The fraction of sp³-hybridized carbons (Fsp3) is 0.324. The third kappa shape index (κ3) is 8.00. The Balaban J connectivity index is 0.000000985. The maximum absolute atomic E-state index is 12.8. The van der Waals surface area contributed by atoms with E-state index in [9.17, 15) is 4.79 Å². The number of aryl methyl sites for hydroxylation is 2. The fourth-order valence-electron chi connectivity index (χ4n) is 5.32. The van der Waals surface area contributed by atoms with Crippen molar-refractivity contribution in [1.82, 2.24) is 24.5 Å². The number of aromatic nitrogens is 5.